The van der Waals surface area contributed by atoms with Crippen LogP contribution in [0.4, 0.5) is 0 Å². The number of hydrogen-bond acceptors (Lipinski definition) is 5. The number of carbonyl (C=O) groups is 3. The predicted octanol–water partition coefficient (Wildman–Crippen LogP) is 3.91. The Balaban J connectivity index is 1.70. The SMILES string of the molecule is COC(=O)[C@H]1CCC[C@@H](C(=O)N[C@@H](C(=O)N2CC[C@](O)(c3ccc(Cl)cc3)C(C)(C)C2)C(C)C)C1. The number of halogens is 1. The number of amides is 2. The molecular formula is C27H39ClN2O5. The van der Waals surface area contributed by atoms with Crippen molar-refractivity contribution in [3.63, 3.8) is 0 Å². The first-order chi connectivity index (χ1) is 16.4. The highest BCUT2D eigenvalue weighted by Gasteiger charge is 2.50. The highest BCUT2D eigenvalue weighted by atomic mass is 35.5. The molecule has 1 aliphatic carbocycles. The summed E-state index contributed by atoms with van der Waals surface area (Å²) in [5.74, 6) is -1.28. The molecule has 194 valence electrons. The smallest absolute Gasteiger partial charge is 0.308 e. The Morgan fingerprint density at radius 2 is 1.77 bits per heavy atom. The summed E-state index contributed by atoms with van der Waals surface area (Å²) in [7, 11) is 1.37. The van der Waals surface area contributed by atoms with E-state index in [1.165, 1.54) is 7.11 Å². The third-order valence-corrected chi connectivity index (χ3v) is 8.14. The number of hydrogen-bond donors (Lipinski definition) is 2. The summed E-state index contributed by atoms with van der Waals surface area (Å²) in [6.07, 6.45) is 3.03. The van der Waals surface area contributed by atoms with Crippen molar-refractivity contribution < 1.29 is 24.2 Å². The van der Waals surface area contributed by atoms with Crippen LogP contribution in [-0.4, -0.2) is 54.0 Å². The lowest BCUT2D eigenvalue weighted by Gasteiger charge is -2.51. The zero-order valence-corrected chi connectivity index (χ0v) is 22.2. The van der Waals surface area contributed by atoms with Gasteiger partial charge in [0, 0.05) is 29.4 Å². The van der Waals surface area contributed by atoms with Crippen LogP contribution in [0.1, 0.15) is 65.4 Å². The summed E-state index contributed by atoms with van der Waals surface area (Å²) in [5.41, 5.74) is -0.932. The lowest BCUT2D eigenvalue weighted by molar-refractivity contribution is -0.157. The van der Waals surface area contributed by atoms with Crippen LogP contribution in [0.15, 0.2) is 24.3 Å². The minimum atomic E-state index is -1.10. The molecule has 1 aromatic carbocycles. The molecule has 8 heteroatoms. The van der Waals surface area contributed by atoms with Gasteiger partial charge in [0.15, 0.2) is 0 Å². The molecule has 1 aromatic rings. The predicted molar refractivity (Wildman–Crippen MR) is 135 cm³/mol. The third-order valence-electron chi connectivity index (χ3n) is 7.89. The van der Waals surface area contributed by atoms with Gasteiger partial charge in [-0.2, -0.15) is 0 Å². The first-order valence-electron chi connectivity index (χ1n) is 12.5. The molecule has 1 saturated heterocycles. The number of piperidine rings is 1. The summed E-state index contributed by atoms with van der Waals surface area (Å²) >= 11 is 6.03. The van der Waals surface area contributed by atoms with Crippen LogP contribution in [0.3, 0.4) is 0 Å². The molecule has 3 rings (SSSR count). The number of rotatable bonds is 6. The van der Waals surface area contributed by atoms with Crippen molar-refractivity contribution in [3.8, 4) is 0 Å². The van der Waals surface area contributed by atoms with E-state index in [1.807, 2.05) is 39.8 Å². The Morgan fingerprint density at radius 1 is 1.14 bits per heavy atom. The lowest BCUT2D eigenvalue weighted by atomic mass is 9.66. The van der Waals surface area contributed by atoms with Gasteiger partial charge in [0.25, 0.3) is 0 Å². The van der Waals surface area contributed by atoms with Gasteiger partial charge in [-0.1, -0.05) is 57.8 Å². The topological polar surface area (TPSA) is 95.9 Å². The van der Waals surface area contributed by atoms with Crippen molar-refractivity contribution in [1.29, 1.82) is 0 Å². The molecule has 4 atom stereocenters. The molecule has 7 nitrogen and oxygen atoms in total. The molecule has 1 aliphatic heterocycles. The van der Waals surface area contributed by atoms with Crippen LogP contribution >= 0.6 is 11.6 Å². The van der Waals surface area contributed by atoms with Gasteiger partial charge in [-0.15, -0.1) is 0 Å². The molecule has 35 heavy (non-hydrogen) atoms. The molecule has 2 N–H and O–H groups in total. The summed E-state index contributed by atoms with van der Waals surface area (Å²) < 4.78 is 4.87. The summed E-state index contributed by atoms with van der Waals surface area (Å²) in [6.45, 7) is 8.49. The number of likely N-dealkylation sites (tertiary alicyclic amines) is 1. The van der Waals surface area contributed by atoms with Crippen LogP contribution in [0.5, 0.6) is 0 Å². The second kappa shape index (κ2) is 10.9. The number of nitrogens with zero attached hydrogens (tertiary/aromatic N) is 1. The highest BCUT2D eigenvalue weighted by molar-refractivity contribution is 6.30. The van der Waals surface area contributed by atoms with Gasteiger partial charge in [0.05, 0.1) is 18.6 Å². The first kappa shape index (κ1) is 27.5. The molecule has 0 bridgehead atoms. The number of benzene rings is 1. The average Bonchev–Trinajstić information content (AvgIpc) is 2.83. The zero-order chi connectivity index (χ0) is 26.0. The van der Waals surface area contributed by atoms with E-state index in [9.17, 15) is 19.5 Å². The van der Waals surface area contributed by atoms with E-state index in [4.69, 9.17) is 16.3 Å². The van der Waals surface area contributed by atoms with Crippen molar-refractivity contribution in [1.82, 2.24) is 10.2 Å². The fraction of sp³-hybridized carbons (Fsp3) is 0.667. The van der Waals surface area contributed by atoms with Gasteiger partial charge < -0.3 is 20.1 Å². The molecule has 0 aromatic heterocycles. The van der Waals surface area contributed by atoms with Crippen molar-refractivity contribution in [2.45, 2.75) is 71.4 Å². The minimum Gasteiger partial charge on any atom is -0.469 e. The maximum Gasteiger partial charge on any atom is 0.308 e. The van der Waals surface area contributed by atoms with Gasteiger partial charge in [-0.3, -0.25) is 14.4 Å². The van der Waals surface area contributed by atoms with Gasteiger partial charge in [0.1, 0.15) is 6.04 Å². The second-order valence-corrected chi connectivity index (χ2v) is 11.5. The Kier molecular flexibility index (Phi) is 8.53. The van der Waals surface area contributed by atoms with Crippen LogP contribution in [0.25, 0.3) is 0 Å². The van der Waals surface area contributed by atoms with Crippen molar-refractivity contribution in [2.24, 2.45) is 23.2 Å². The Labute approximate surface area is 213 Å². The van der Waals surface area contributed by atoms with E-state index in [2.05, 4.69) is 5.32 Å². The Bertz CT molecular complexity index is 932. The van der Waals surface area contributed by atoms with Gasteiger partial charge in [-0.05, 0) is 49.3 Å². The molecule has 0 radical (unpaired) electrons. The van der Waals surface area contributed by atoms with Crippen molar-refractivity contribution in [2.75, 3.05) is 20.2 Å². The molecule has 0 spiro atoms. The number of nitrogens with one attached hydrogen (secondary N) is 1. The van der Waals surface area contributed by atoms with E-state index in [0.29, 0.717) is 37.4 Å². The van der Waals surface area contributed by atoms with Crippen LogP contribution in [-0.2, 0) is 24.7 Å². The average molecular weight is 507 g/mol. The van der Waals surface area contributed by atoms with E-state index in [-0.39, 0.29) is 35.5 Å². The number of ether oxygens (including phenoxy) is 1. The molecule has 2 amide bonds. The number of methoxy groups -OCH3 is 1. The lowest BCUT2D eigenvalue weighted by Crippen LogP contribution is -2.60. The Morgan fingerprint density at radius 3 is 2.34 bits per heavy atom. The summed E-state index contributed by atoms with van der Waals surface area (Å²) in [6, 6.07) is 6.54. The van der Waals surface area contributed by atoms with E-state index < -0.39 is 17.1 Å². The summed E-state index contributed by atoms with van der Waals surface area (Å²) in [4.78, 5) is 40.4. The first-order valence-corrected chi connectivity index (χ1v) is 12.9. The minimum absolute atomic E-state index is 0.105. The van der Waals surface area contributed by atoms with Gasteiger partial charge in [-0.25, -0.2) is 0 Å². The van der Waals surface area contributed by atoms with Crippen LogP contribution in [0.2, 0.25) is 5.02 Å². The van der Waals surface area contributed by atoms with E-state index in [1.54, 1.807) is 17.0 Å². The van der Waals surface area contributed by atoms with Crippen LogP contribution < -0.4 is 5.32 Å². The quantitative estimate of drug-likeness (QED) is 0.570. The van der Waals surface area contributed by atoms with Gasteiger partial charge >= 0.3 is 5.97 Å². The Hall–Kier alpha value is -2.12. The van der Waals surface area contributed by atoms with Gasteiger partial charge in [0.2, 0.25) is 11.8 Å². The maximum atomic E-state index is 13.6. The normalized spacial score (nSPS) is 27.3. The monoisotopic (exact) mass is 506 g/mol. The molecule has 0 unspecified atom stereocenters. The number of esters is 1. The van der Waals surface area contributed by atoms with Crippen molar-refractivity contribution in [3.05, 3.63) is 34.9 Å². The molecule has 2 aliphatic rings. The second-order valence-electron chi connectivity index (χ2n) is 11.1. The fourth-order valence-electron chi connectivity index (χ4n) is 5.56. The third kappa shape index (κ3) is 5.83. The molecule has 1 heterocycles. The highest BCUT2D eigenvalue weighted by Crippen LogP contribution is 2.46. The van der Waals surface area contributed by atoms with E-state index in [0.717, 1.165) is 18.4 Å². The molecular weight excluding hydrogens is 468 g/mol. The van der Waals surface area contributed by atoms with E-state index >= 15 is 0 Å². The fourth-order valence-corrected chi connectivity index (χ4v) is 5.69. The van der Waals surface area contributed by atoms with Crippen molar-refractivity contribution >= 4 is 29.4 Å². The van der Waals surface area contributed by atoms with Crippen LogP contribution in [0, 0.1) is 23.2 Å². The largest absolute Gasteiger partial charge is 0.469 e. The summed E-state index contributed by atoms with van der Waals surface area (Å²) in [5, 5.41) is 15.2. The maximum absolute atomic E-state index is 13.6. The number of aliphatic hydroxyl groups is 1. The number of carbonyl (C=O) groups excluding carboxylic acids is 3. The standard InChI is InChI=1S/C27H39ClN2O5/c1-17(2)22(29-23(31)18-7-6-8-19(15-18)25(33)35-5)24(32)30-14-13-27(34,26(3,4)16-30)20-9-11-21(28)12-10-20/h9-12,17-19,22,34H,6-8,13-16H2,1-5H3,(H,29,31)/t18-,19+,22-,27+/m1/s1. The molecule has 1 saturated carbocycles. The zero-order valence-electron chi connectivity index (χ0n) is 21.5. The molecule has 2 fully saturated rings.